The molecule has 4 aromatic carbocycles. The molecule has 203 valence electrons. The van der Waals surface area contributed by atoms with Gasteiger partial charge in [-0.3, -0.25) is 8.97 Å². The molecule has 43 heavy (non-hydrogen) atoms. The lowest BCUT2D eigenvalue weighted by atomic mass is 10.2. The molecule has 0 saturated carbocycles. The van der Waals surface area contributed by atoms with Gasteiger partial charge in [-0.2, -0.15) is 4.98 Å². The van der Waals surface area contributed by atoms with E-state index in [1.165, 1.54) is 21.3 Å². The number of nitrogens with zero attached hydrogens (tertiary/aromatic N) is 6. The highest BCUT2D eigenvalue weighted by Crippen LogP contribution is 2.35. The average molecular weight is 570 g/mol. The van der Waals surface area contributed by atoms with E-state index in [4.69, 9.17) is 9.97 Å². The third kappa shape index (κ3) is 3.58. The van der Waals surface area contributed by atoms with Gasteiger partial charge in [0.15, 0.2) is 5.65 Å². The topological polar surface area (TPSA) is 45.0 Å². The summed E-state index contributed by atoms with van der Waals surface area (Å²) in [6, 6.07) is 49.2. The van der Waals surface area contributed by atoms with Gasteiger partial charge in [0.05, 0.1) is 11.0 Å². The molecule has 0 fully saturated rings. The third-order valence-electron chi connectivity index (χ3n) is 8.15. The molecule has 5 aromatic heterocycles. The van der Waals surface area contributed by atoms with Crippen molar-refractivity contribution in [1.29, 1.82) is 0 Å². The fraction of sp³-hybridized carbons (Fsp3) is 0. The van der Waals surface area contributed by atoms with Gasteiger partial charge in [-0.15, -0.1) is 0 Å². The predicted octanol–water partition coefficient (Wildman–Crippen LogP) is 6.23. The van der Waals surface area contributed by atoms with E-state index in [9.17, 15) is 0 Å². The Morgan fingerprint density at radius 2 is 1.09 bits per heavy atom. The molecule has 9 rings (SSSR count). The van der Waals surface area contributed by atoms with E-state index >= 15 is 0 Å². The lowest BCUT2D eigenvalue weighted by Gasteiger charge is -2.19. The third-order valence-corrected chi connectivity index (χ3v) is 10.8. The maximum absolute atomic E-state index is 5.50. The molecule has 0 aliphatic heterocycles. The number of para-hydroxylation sites is 3. The molecule has 0 aliphatic carbocycles. The Kier molecular flexibility index (Phi) is 5.26. The van der Waals surface area contributed by atoms with Crippen LogP contribution in [0.4, 0.5) is 0 Å². The fourth-order valence-corrected chi connectivity index (χ4v) is 9.01. The van der Waals surface area contributed by atoms with Crippen LogP contribution in [0, 0.1) is 0 Å². The maximum Gasteiger partial charge on any atom is 0.248 e. The van der Waals surface area contributed by atoms with Gasteiger partial charge in [-0.05, 0) is 52.8 Å². The number of benzene rings is 4. The summed E-state index contributed by atoms with van der Waals surface area (Å²) in [4.78, 5) is 10.6. The fourth-order valence-electron chi connectivity index (χ4n) is 6.34. The number of fused-ring (bicyclic) bond motifs is 7. The molecule has 0 spiro atoms. The van der Waals surface area contributed by atoms with Crippen LogP contribution in [0.3, 0.4) is 0 Å². The van der Waals surface area contributed by atoms with Gasteiger partial charge in [0, 0.05) is 23.3 Å². The number of pyridine rings is 1. The first kappa shape index (κ1) is 24.0. The van der Waals surface area contributed by atoms with Crippen molar-refractivity contribution in [1.82, 2.24) is 27.7 Å². The van der Waals surface area contributed by atoms with Crippen molar-refractivity contribution < 1.29 is 0 Å². The van der Waals surface area contributed by atoms with E-state index in [-0.39, 0.29) is 0 Å². The highest BCUT2D eigenvalue weighted by Gasteiger charge is 2.29. The van der Waals surface area contributed by atoms with E-state index in [1.807, 2.05) is 35.2 Å². The summed E-state index contributed by atoms with van der Waals surface area (Å²) >= 11 is 0. The molecule has 0 saturated heterocycles. The van der Waals surface area contributed by atoms with Gasteiger partial charge in [-0.1, -0.05) is 97.1 Å². The Morgan fingerprint density at radius 3 is 1.81 bits per heavy atom. The predicted molar refractivity (Wildman–Crippen MR) is 175 cm³/mol. The normalized spacial score (nSPS) is 11.9. The van der Waals surface area contributed by atoms with Gasteiger partial charge in [0.25, 0.3) is 0 Å². The molecule has 5 heterocycles. The second-order valence-electron chi connectivity index (χ2n) is 10.6. The smallest absolute Gasteiger partial charge is 0.248 e. The molecular formula is C36H25N6Si. The second kappa shape index (κ2) is 9.44. The average Bonchev–Trinajstić information content (AvgIpc) is 3.85. The molecule has 0 bridgehead atoms. The van der Waals surface area contributed by atoms with Crippen LogP contribution >= 0.6 is 0 Å². The highest BCUT2D eigenvalue weighted by molar-refractivity contribution is 6.85. The van der Waals surface area contributed by atoms with Gasteiger partial charge in [-0.25, -0.2) is 4.98 Å². The van der Waals surface area contributed by atoms with E-state index in [0.29, 0.717) is 0 Å². The first-order chi connectivity index (χ1) is 21.4. The molecule has 0 amide bonds. The molecule has 6 nitrogen and oxygen atoms in total. The van der Waals surface area contributed by atoms with Crippen LogP contribution in [0.25, 0.3) is 50.5 Å². The SMILES string of the molecule is c1ccc([Si](c2ccccc2)n2c3ccccc3c3c2nc2n(-c4cccc(-n5cccc5)n4)c4ccccc4n32)cc1. The van der Waals surface area contributed by atoms with Crippen LogP contribution in [0.5, 0.6) is 0 Å². The van der Waals surface area contributed by atoms with Crippen molar-refractivity contribution in [2.45, 2.75) is 0 Å². The summed E-state index contributed by atoms with van der Waals surface area (Å²) in [5, 5.41) is 3.82. The van der Waals surface area contributed by atoms with Gasteiger partial charge in [0.1, 0.15) is 17.2 Å². The highest BCUT2D eigenvalue weighted by atomic mass is 28.3. The Labute approximate surface area is 249 Å². The Hall–Kier alpha value is -5.66. The minimum absolute atomic E-state index is 0.831. The minimum atomic E-state index is -1.46. The molecule has 7 heteroatoms. The summed E-state index contributed by atoms with van der Waals surface area (Å²) in [5.41, 5.74) is 5.47. The van der Waals surface area contributed by atoms with E-state index in [2.05, 4.69) is 135 Å². The van der Waals surface area contributed by atoms with Crippen molar-refractivity contribution >= 4 is 58.2 Å². The number of imidazole rings is 2. The van der Waals surface area contributed by atoms with Crippen molar-refractivity contribution in [3.63, 3.8) is 0 Å². The van der Waals surface area contributed by atoms with E-state index in [1.54, 1.807) is 0 Å². The lowest BCUT2D eigenvalue weighted by Crippen LogP contribution is -2.48. The molecule has 1 radical (unpaired) electrons. The zero-order valence-corrected chi connectivity index (χ0v) is 24.1. The minimum Gasteiger partial charge on any atom is -0.342 e. The molecule has 0 atom stereocenters. The standard InChI is InChI=1S/C36H25N6Si/c1-3-14-26(15-4-1)43(27-16-5-2-6-17-27)42-29-19-8-7-18-28(29)34-35(42)38-36-40(30-20-9-10-21-31(30)41(34)36)33-23-13-22-32(37-33)39-24-11-12-25-39/h1-25H. The van der Waals surface area contributed by atoms with Crippen LogP contribution in [-0.2, 0) is 0 Å². The molecule has 9 aromatic rings. The number of rotatable bonds is 5. The Morgan fingerprint density at radius 1 is 0.488 bits per heavy atom. The summed E-state index contributed by atoms with van der Waals surface area (Å²) in [6.45, 7) is 0. The van der Waals surface area contributed by atoms with E-state index in [0.717, 1.165) is 39.6 Å². The van der Waals surface area contributed by atoms with Gasteiger partial charge < -0.3 is 8.80 Å². The number of hydrogen-bond donors (Lipinski definition) is 0. The summed E-state index contributed by atoms with van der Waals surface area (Å²) in [7, 11) is -1.46. The van der Waals surface area contributed by atoms with Crippen molar-refractivity contribution in [2.24, 2.45) is 0 Å². The monoisotopic (exact) mass is 569 g/mol. The van der Waals surface area contributed by atoms with Crippen molar-refractivity contribution in [2.75, 3.05) is 0 Å². The number of hydrogen-bond acceptors (Lipinski definition) is 2. The van der Waals surface area contributed by atoms with Crippen molar-refractivity contribution in [3.8, 4) is 11.6 Å². The Bertz CT molecular complexity index is 2360. The largest absolute Gasteiger partial charge is 0.342 e. The van der Waals surface area contributed by atoms with Gasteiger partial charge in [0.2, 0.25) is 14.7 Å². The summed E-state index contributed by atoms with van der Waals surface area (Å²) < 4.78 is 9.06. The molecule has 0 N–H and O–H groups in total. The quantitative estimate of drug-likeness (QED) is 0.231. The summed E-state index contributed by atoms with van der Waals surface area (Å²) in [5.74, 6) is 2.55. The molecular weight excluding hydrogens is 545 g/mol. The lowest BCUT2D eigenvalue weighted by molar-refractivity contribution is 0.962. The molecule has 0 unspecified atom stereocenters. The van der Waals surface area contributed by atoms with Crippen LogP contribution in [0.1, 0.15) is 0 Å². The van der Waals surface area contributed by atoms with Crippen LogP contribution in [0.2, 0.25) is 0 Å². The Balaban J connectivity index is 1.41. The second-order valence-corrected chi connectivity index (χ2v) is 12.9. The van der Waals surface area contributed by atoms with Crippen LogP contribution in [0.15, 0.2) is 152 Å². The zero-order valence-electron chi connectivity index (χ0n) is 23.1. The van der Waals surface area contributed by atoms with Crippen LogP contribution in [-0.4, -0.2) is 36.7 Å². The zero-order chi connectivity index (χ0) is 28.3. The summed E-state index contributed by atoms with van der Waals surface area (Å²) in [6.07, 6.45) is 4.04. The first-order valence-electron chi connectivity index (χ1n) is 14.4. The first-order valence-corrected chi connectivity index (χ1v) is 15.8. The van der Waals surface area contributed by atoms with E-state index < -0.39 is 8.96 Å². The maximum atomic E-state index is 5.50. The molecule has 0 aliphatic rings. The number of aromatic nitrogens is 6. The van der Waals surface area contributed by atoms with Crippen LogP contribution < -0.4 is 10.4 Å². The van der Waals surface area contributed by atoms with Crippen molar-refractivity contribution in [3.05, 3.63) is 152 Å². The van der Waals surface area contributed by atoms with Gasteiger partial charge >= 0.3 is 0 Å².